The average molecular weight is 167 g/mol. The summed E-state index contributed by atoms with van der Waals surface area (Å²) in [4.78, 5) is 3.56. The Hall–Kier alpha value is -0.910. The van der Waals surface area contributed by atoms with Gasteiger partial charge in [-0.25, -0.2) is 4.98 Å². The number of halogens is 1. The summed E-state index contributed by atoms with van der Waals surface area (Å²) < 4.78 is 33.1. The second kappa shape index (κ2) is 3.99. The van der Waals surface area contributed by atoms with Gasteiger partial charge in [0.05, 0.1) is 12.5 Å². The van der Waals surface area contributed by atoms with E-state index < -0.39 is 10.2 Å². The maximum Gasteiger partial charge on any atom is 0.299 e. The number of nitrogens with zero attached hydrogens (tertiary/aromatic N) is 1. The lowest BCUT2D eigenvalue weighted by atomic mass is 11.0. The summed E-state index contributed by atoms with van der Waals surface area (Å²) in [6.07, 6.45) is 4.97. The highest BCUT2D eigenvalue weighted by atomic mass is 32.3. The number of hydrogen-bond donors (Lipinski definition) is 0. The molecule has 0 N–H and O–H groups in total. The van der Waals surface area contributed by atoms with Gasteiger partial charge in [0.25, 0.3) is 10.2 Å². The van der Waals surface area contributed by atoms with Gasteiger partial charge >= 0.3 is 0 Å². The third-order valence-electron chi connectivity index (χ3n) is 0.347. The van der Waals surface area contributed by atoms with Gasteiger partial charge in [-0.3, -0.25) is 0 Å². The fourth-order valence-corrected chi connectivity index (χ4v) is 0.176. The minimum atomic E-state index is -4.17. The van der Waals surface area contributed by atoms with Crippen LogP contribution in [0.3, 0.4) is 0 Å². The first-order valence-electron chi connectivity index (χ1n) is 2.22. The Labute approximate surface area is 57.9 Å². The zero-order valence-corrected chi connectivity index (χ0v) is 6.01. The second-order valence-corrected chi connectivity index (χ2v) is 2.72. The molecule has 0 aliphatic rings. The van der Waals surface area contributed by atoms with Crippen LogP contribution in [-0.4, -0.2) is 19.7 Å². The monoisotopic (exact) mass is 167 g/mol. The molecule has 58 valence electrons. The van der Waals surface area contributed by atoms with E-state index in [0.29, 0.717) is 6.26 Å². The predicted molar refractivity (Wildman–Crippen MR) is 32.5 cm³/mol. The first kappa shape index (κ1) is 9.09. The van der Waals surface area contributed by atoms with Gasteiger partial charge in [-0.2, -0.15) is 8.42 Å². The van der Waals surface area contributed by atoms with E-state index in [2.05, 4.69) is 9.40 Å². The van der Waals surface area contributed by atoms with Crippen molar-refractivity contribution >= 4 is 10.2 Å². The average Bonchev–Trinajstić information content (AvgIpc) is 2.07. The zero-order chi connectivity index (χ0) is 8.04. The van der Waals surface area contributed by atoms with Crippen LogP contribution in [0.5, 0.6) is 0 Å². The molecule has 0 aliphatic carbocycles. The molecule has 1 heterocycles. The van der Waals surface area contributed by atoms with Crippen LogP contribution in [0.15, 0.2) is 23.3 Å². The molecule has 0 unspecified atom stereocenters. The van der Waals surface area contributed by atoms with E-state index in [4.69, 9.17) is 8.42 Å². The molecule has 0 radical (unpaired) electrons. The highest BCUT2D eigenvalue weighted by Crippen LogP contribution is 1.75. The molecule has 6 heteroatoms. The fourth-order valence-electron chi connectivity index (χ4n) is 0.176. The summed E-state index contributed by atoms with van der Waals surface area (Å²) in [7, 11) is -4.17. The zero-order valence-electron chi connectivity index (χ0n) is 5.19. The van der Waals surface area contributed by atoms with Crippen molar-refractivity contribution in [2.75, 3.05) is 6.26 Å². The van der Waals surface area contributed by atoms with E-state index in [0.717, 1.165) is 0 Å². The molecule has 0 aliphatic heterocycles. The molecule has 1 rings (SSSR count). The van der Waals surface area contributed by atoms with Crippen molar-refractivity contribution in [1.29, 1.82) is 0 Å². The van der Waals surface area contributed by atoms with Gasteiger partial charge in [-0.1, -0.05) is 0 Å². The summed E-state index contributed by atoms with van der Waals surface area (Å²) in [6.45, 7) is 0. The number of aromatic nitrogens is 1. The van der Waals surface area contributed by atoms with Crippen molar-refractivity contribution in [1.82, 2.24) is 4.98 Å². The molecular formula is C4H6FNO3S. The Balaban J connectivity index is 0.000000162. The van der Waals surface area contributed by atoms with Crippen LogP contribution >= 0.6 is 0 Å². The van der Waals surface area contributed by atoms with Gasteiger partial charge in [0.15, 0.2) is 6.39 Å². The van der Waals surface area contributed by atoms with E-state index in [9.17, 15) is 3.89 Å². The van der Waals surface area contributed by atoms with Crippen LogP contribution in [0.1, 0.15) is 0 Å². The third kappa shape index (κ3) is 15.7. The third-order valence-corrected chi connectivity index (χ3v) is 0.347. The van der Waals surface area contributed by atoms with Crippen LogP contribution in [0.4, 0.5) is 3.89 Å². The van der Waals surface area contributed by atoms with Crippen LogP contribution in [-0.2, 0) is 10.2 Å². The molecule has 0 saturated heterocycles. The molecule has 0 spiro atoms. The molecule has 1 aromatic rings. The fraction of sp³-hybridized carbons (Fsp3) is 0.250. The summed E-state index contributed by atoms with van der Waals surface area (Å²) >= 11 is 0. The lowest BCUT2D eigenvalue weighted by molar-refractivity contribution is 0.557. The van der Waals surface area contributed by atoms with Crippen molar-refractivity contribution in [3.8, 4) is 0 Å². The Bertz CT molecular complexity index is 216. The Kier molecular flexibility index (Phi) is 3.63. The van der Waals surface area contributed by atoms with Gasteiger partial charge in [0.1, 0.15) is 6.26 Å². The largest absolute Gasteiger partial charge is 0.452 e. The van der Waals surface area contributed by atoms with Gasteiger partial charge in [-0.15, -0.1) is 3.89 Å². The molecule has 0 aromatic carbocycles. The first-order valence-corrected chi connectivity index (χ1v) is 4.01. The van der Waals surface area contributed by atoms with Crippen LogP contribution in [0, 0.1) is 0 Å². The highest BCUT2D eigenvalue weighted by molar-refractivity contribution is 7.85. The van der Waals surface area contributed by atoms with Crippen LogP contribution in [0.25, 0.3) is 0 Å². The first-order chi connectivity index (χ1) is 4.50. The molecule has 0 bridgehead atoms. The SMILES string of the molecule is CS(=O)(=O)F.c1cocn1. The highest BCUT2D eigenvalue weighted by Gasteiger charge is 1.86. The lowest BCUT2D eigenvalue weighted by Crippen LogP contribution is -1.78. The van der Waals surface area contributed by atoms with E-state index in [1.807, 2.05) is 0 Å². The van der Waals surface area contributed by atoms with Crippen molar-refractivity contribution < 1.29 is 16.7 Å². The number of hydrogen-bond acceptors (Lipinski definition) is 4. The summed E-state index contributed by atoms with van der Waals surface area (Å²) in [5.41, 5.74) is 0. The molecule has 0 fully saturated rings. The Morgan fingerprint density at radius 1 is 1.60 bits per heavy atom. The topological polar surface area (TPSA) is 60.2 Å². The van der Waals surface area contributed by atoms with Crippen molar-refractivity contribution in [3.63, 3.8) is 0 Å². The maximum absolute atomic E-state index is 10.7. The summed E-state index contributed by atoms with van der Waals surface area (Å²) in [5.74, 6) is 0. The minimum absolute atomic E-state index is 0.493. The van der Waals surface area contributed by atoms with Gasteiger partial charge in [0.2, 0.25) is 0 Å². The normalized spacial score (nSPS) is 9.80. The number of oxazole rings is 1. The summed E-state index contributed by atoms with van der Waals surface area (Å²) in [5, 5.41) is 0. The van der Waals surface area contributed by atoms with Crippen LogP contribution in [0.2, 0.25) is 0 Å². The minimum Gasteiger partial charge on any atom is -0.452 e. The van der Waals surface area contributed by atoms with Gasteiger partial charge in [0, 0.05) is 0 Å². The van der Waals surface area contributed by atoms with E-state index >= 15 is 0 Å². The molecular weight excluding hydrogens is 161 g/mol. The quantitative estimate of drug-likeness (QED) is 0.530. The molecule has 1 aromatic heterocycles. The van der Waals surface area contributed by atoms with Crippen molar-refractivity contribution in [2.24, 2.45) is 0 Å². The lowest BCUT2D eigenvalue weighted by Gasteiger charge is -1.63. The van der Waals surface area contributed by atoms with E-state index in [-0.39, 0.29) is 0 Å². The molecule has 0 saturated carbocycles. The molecule has 0 amide bonds. The maximum atomic E-state index is 10.7. The smallest absolute Gasteiger partial charge is 0.299 e. The van der Waals surface area contributed by atoms with Crippen LogP contribution < -0.4 is 0 Å². The Morgan fingerprint density at radius 3 is 2.20 bits per heavy atom. The predicted octanol–water partition coefficient (Wildman–Crippen LogP) is 0.590. The summed E-state index contributed by atoms with van der Waals surface area (Å²) in [6, 6.07) is 0. The molecule has 10 heavy (non-hydrogen) atoms. The Morgan fingerprint density at radius 2 is 2.10 bits per heavy atom. The molecule has 4 nitrogen and oxygen atoms in total. The van der Waals surface area contributed by atoms with Gasteiger partial charge in [-0.05, 0) is 0 Å². The molecule has 0 atom stereocenters. The second-order valence-electron chi connectivity index (χ2n) is 1.36. The standard InChI is InChI=1S/C3H3NO.CH3FO2S/c1-2-5-3-4-1;1-5(2,3)4/h1-3H;1H3. The van der Waals surface area contributed by atoms with Crippen molar-refractivity contribution in [3.05, 3.63) is 18.9 Å². The number of rotatable bonds is 0. The van der Waals surface area contributed by atoms with E-state index in [1.54, 1.807) is 6.20 Å². The van der Waals surface area contributed by atoms with Crippen molar-refractivity contribution in [2.45, 2.75) is 0 Å². The van der Waals surface area contributed by atoms with Gasteiger partial charge < -0.3 is 4.42 Å². The van der Waals surface area contributed by atoms with E-state index in [1.165, 1.54) is 12.7 Å².